The number of rotatable bonds is 2. The van der Waals surface area contributed by atoms with Gasteiger partial charge in [0.25, 0.3) is 0 Å². The van der Waals surface area contributed by atoms with E-state index in [0.29, 0.717) is 36.9 Å². The second-order valence-electron chi connectivity index (χ2n) is 6.99. The number of aliphatic hydroxyl groups excluding tert-OH is 1. The predicted molar refractivity (Wildman–Crippen MR) is 67.2 cm³/mol. The first-order valence-corrected chi connectivity index (χ1v) is 7.61. The number of aliphatic hydroxyl groups is 1. The number of cyclic esters (lactones) is 1. The lowest BCUT2D eigenvalue weighted by atomic mass is 9.70. The molecule has 1 N–H and O–H groups in total. The molecule has 0 aromatic carbocycles. The Morgan fingerprint density at radius 1 is 1.26 bits per heavy atom. The summed E-state index contributed by atoms with van der Waals surface area (Å²) in [6.07, 6.45) is 3.15. The molecule has 0 radical (unpaired) electrons. The van der Waals surface area contributed by atoms with Crippen LogP contribution in [-0.2, 0) is 14.3 Å². The van der Waals surface area contributed by atoms with Gasteiger partial charge < -0.3 is 14.6 Å². The molecule has 2 saturated heterocycles. The Kier molecular flexibility index (Phi) is 2.68. The highest BCUT2D eigenvalue weighted by Crippen LogP contribution is 2.59. The van der Waals surface area contributed by atoms with Crippen LogP contribution in [0.25, 0.3) is 0 Å². The number of carbonyl (C=O) groups is 1. The summed E-state index contributed by atoms with van der Waals surface area (Å²) >= 11 is 0. The molecule has 19 heavy (non-hydrogen) atoms. The topological polar surface area (TPSA) is 55.8 Å². The van der Waals surface area contributed by atoms with E-state index in [1.807, 2.05) is 0 Å². The molecule has 106 valence electrons. The van der Waals surface area contributed by atoms with Gasteiger partial charge in [0.15, 0.2) is 0 Å². The third-order valence-electron chi connectivity index (χ3n) is 6.25. The molecule has 4 aliphatic rings. The number of fused-ring (bicyclic) bond motifs is 1. The Hall–Kier alpha value is -0.610. The number of carbonyl (C=O) groups excluding carboxylic acids is 1. The molecule has 0 aromatic heterocycles. The highest BCUT2D eigenvalue weighted by molar-refractivity contribution is 5.74. The summed E-state index contributed by atoms with van der Waals surface area (Å²) in [5.74, 6) is 2.90. The van der Waals surface area contributed by atoms with E-state index in [-0.39, 0.29) is 30.0 Å². The van der Waals surface area contributed by atoms with Crippen LogP contribution in [0.4, 0.5) is 0 Å². The van der Waals surface area contributed by atoms with Crippen molar-refractivity contribution >= 4 is 5.97 Å². The first kappa shape index (κ1) is 12.2. The lowest BCUT2D eigenvalue weighted by Gasteiger charge is -2.39. The number of esters is 1. The summed E-state index contributed by atoms with van der Waals surface area (Å²) in [4.78, 5) is 11.7. The van der Waals surface area contributed by atoms with Crippen molar-refractivity contribution in [3.8, 4) is 0 Å². The van der Waals surface area contributed by atoms with Gasteiger partial charge in [0.05, 0.1) is 31.3 Å². The van der Waals surface area contributed by atoms with Gasteiger partial charge >= 0.3 is 5.97 Å². The van der Waals surface area contributed by atoms with Gasteiger partial charge in [-0.2, -0.15) is 0 Å². The van der Waals surface area contributed by atoms with Crippen LogP contribution in [0.15, 0.2) is 0 Å². The fraction of sp³-hybridized carbons (Fsp3) is 0.933. The van der Waals surface area contributed by atoms with Crippen LogP contribution >= 0.6 is 0 Å². The molecule has 8 unspecified atom stereocenters. The van der Waals surface area contributed by atoms with E-state index < -0.39 is 0 Å². The van der Waals surface area contributed by atoms with Crippen molar-refractivity contribution < 1.29 is 19.4 Å². The Morgan fingerprint density at radius 2 is 2.11 bits per heavy atom. The van der Waals surface area contributed by atoms with Gasteiger partial charge in [0, 0.05) is 5.92 Å². The Bertz CT molecular complexity index is 396. The lowest BCUT2D eigenvalue weighted by molar-refractivity contribution is -0.164. The van der Waals surface area contributed by atoms with Crippen LogP contribution in [0.5, 0.6) is 0 Å². The number of hydrogen-bond donors (Lipinski definition) is 1. The molecule has 4 heteroatoms. The molecular weight excluding hydrogens is 244 g/mol. The molecule has 0 spiro atoms. The quantitative estimate of drug-likeness (QED) is 0.764. The van der Waals surface area contributed by atoms with Crippen LogP contribution < -0.4 is 0 Å². The van der Waals surface area contributed by atoms with Gasteiger partial charge in [0.1, 0.15) is 0 Å². The maximum Gasteiger partial charge on any atom is 0.309 e. The molecule has 2 heterocycles. The summed E-state index contributed by atoms with van der Waals surface area (Å²) in [5, 5.41) is 9.79. The first-order valence-electron chi connectivity index (χ1n) is 7.61. The maximum atomic E-state index is 11.7. The molecule has 2 bridgehead atoms. The molecule has 4 nitrogen and oxygen atoms in total. The monoisotopic (exact) mass is 266 g/mol. The van der Waals surface area contributed by atoms with E-state index in [2.05, 4.69) is 6.92 Å². The second-order valence-corrected chi connectivity index (χ2v) is 6.99. The second kappa shape index (κ2) is 4.19. The van der Waals surface area contributed by atoms with Crippen molar-refractivity contribution in [1.29, 1.82) is 0 Å². The summed E-state index contributed by atoms with van der Waals surface area (Å²) in [5.41, 5.74) is 0. The fourth-order valence-electron chi connectivity index (χ4n) is 5.10. The van der Waals surface area contributed by atoms with Crippen molar-refractivity contribution in [2.75, 3.05) is 13.2 Å². The van der Waals surface area contributed by atoms with Crippen molar-refractivity contribution in [2.24, 2.45) is 35.5 Å². The zero-order valence-corrected chi connectivity index (χ0v) is 11.3. The molecule has 0 amide bonds. The maximum absolute atomic E-state index is 11.7. The van der Waals surface area contributed by atoms with Crippen molar-refractivity contribution in [2.45, 2.75) is 38.4 Å². The lowest BCUT2D eigenvalue weighted by Crippen LogP contribution is -2.42. The third-order valence-corrected chi connectivity index (χ3v) is 6.25. The van der Waals surface area contributed by atoms with Gasteiger partial charge in [-0.05, 0) is 42.9 Å². The zero-order chi connectivity index (χ0) is 13.1. The fourth-order valence-corrected chi connectivity index (χ4v) is 5.10. The average Bonchev–Trinajstić information content (AvgIpc) is 3.05. The van der Waals surface area contributed by atoms with Crippen LogP contribution in [0.2, 0.25) is 0 Å². The van der Waals surface area contributed by atoms with Gasteiger partial charge in [-0.1, -0.05) is 6.92 Å². The van der Waals surface area contributed by atoms with E-state index in [1.165, 1.54) is 6.42 Å². The van der Waals surface area contributed by atoms with Crippen LogP contribution in [-0.4, -0.2) is 36.5 Å². The summed E-state index contributed by atoms with van der Waals surface area (Å²) in [7, 11) is 0. The minimum atomic E-state index is -0.305. The largest absolute Gasteiger partial charge is 0.465 e. The summed E-state index contributed by atoms with van der Waals surface area (Å²) < 4.78 is 11.1. The SMILES string of the molecule is CC1C(O)COC1CC1C2CC3C(=O)OCC1C3C2. The molecule has 0 aromatic rings. The zero-order valence-electron chi connectivity index (χ0n) is 11.3. The van der Waals surface area contributed by atoms with Crippen LogP contribution in [0.1, 0.15) is 26.2 Å². The predicted octanol–water partition coefficient (Wildman–Crippen LogP) is 1.22. The molecule has 8 atom stereocenters. The molecular formula is C15H22O4. The van der Waals surface area contributed by atoms with Gasteiger partial charge in [-0.3, -0.25) is 4.79 Å². The normalized spacial score (nSPS) is 55.6. The standard InChI is InChI=1S/C15H22O4/c1-7-13(16)6-18-14(7)4-9-8-2-10-11(3-8)15(17)19-5-12(9)10/h7-14,16H,2-6H2,1H3. The minimum absolute atomic E-state index is 0.0445. The van der Waals surface area contributed by atoms with Crippen molar-refractivity contribution in [3.05, 3.63) is 0 Å². The molecule has 2 aliphatic carbocycles. The smallest absolute Gasteiger partial charge is 0.309 e. The van der Waals surface area contributed by atoms with E-state index in [9.17, 15) is 9.90 Å². The van der Waals surface area contributed by atoms with E-state index in [0.717, 1.165) is 12.8 Å². The summed E-state index contributed by atoms with van der Waals surface area (Å²) in [6.45, 7) is 3.18. The van der Waals surface area contributed by atoms with Gasteiger partial charge in [-0.25, -0.2) is 0 Å². The summed E-state index contributed by atoms with van der Waals surface area (Å²) in [6, 6.07) is 0. The van der Waals surface area contributed by atoms with E-state index in [4.69, 9.17) is 9.47 Å². The van der Waals surface area contributed by atoms with Crippen molar-refractivity contribution in [3.63, 3.8) is 0 Å². The Balaban J connectivity index is 1.48. The molecule has 4 rings (SSSR count). The number of ether oxygens (including phenoxy) is 2. The first-order chi connectivity index (χ1) is 9.15. The average molecular weight is 266 g/mol. The van der Waals surface area contributed by atoms with Crippen molar-refractivity contribution in [1.82, 2.24) is 0 Å². The van der Waals surface area contributed by atoms with E-state index >= 15 is 0 Å². The highest BCUT2D eigenvalue weighted by Gasteiger charge is 2.58. The third kappa shape index (κ3) is 1.69. The van der Waals surface area contributed by atoms with Gasteiger partial charge in [0.2, 0.25) is 0 Å². The Labute approximate surface area is 113 Å². The highest BCUT2D eigenvalue weighted by atomic mass is 16.5. The number of hydrogen-bond acceptors (Lipinski definition) is 4. The molecule has 2 aliphatic heterocycles. The molecule has 4 fully saturated rings. The Morgan fingerprint density at radius 3 is 2.84 bits per heavy atom. The molecule has 2 saturated carbocycles. The van der Waals surface area contributed by atoms with Crippen LogP contribution in [0.3, 0.4) is 0 Å². The van der Waals surface area contributed by atoms with E-state index in [1.54, 1.807) is 0 Å². The van der Waals surface area contributed by atoms with Crippen LogP contribution in [0, 0.1) is 35.5 Å². The minimum Gasteiger partial charge on any atom is -0.465 e. The van der Waals surface area contributed by atoms with Gasteiger partial charge in [-0.15, -0.1) is 0 Å².